The number of esters is 1. The van der Waals surface area contributed by atoms with Crippen molar-refractivity contribution in [2.75, 3.05) is 7.11 Å². The fourth-order valence-electron chi connectivity index (χ4n) is 1.94. The second-order valence-electron chi connectivity index (χ2n) is 4.29. The highest BCUT2D eigenvalue weighted by molar-refractivity contribution is 6.45. The van der Waals surface area contributed by atoms with Gasteiger partial charge in [-0.25, -0.2) is 14.8 Å². The third kappa shape index (κ3) is 2.01. The molecule has 3 rings (SSSR count). The van der Waals surface area contributed by atoms with Gasteiger partial charge in [-0.15, -0.1) is 10.5 Å². The normalized spacial score (nSPS) is 12.4. The Balaban J connectivity index is 2.03. The highest BCUT2D eigenvalue weighted by atomic mass is 16.5. The molecule has 1 aliphatic rings. The summed E-state index contributed by atoms with van der Waals surface area (Å²) in [6, 6.07) is 5.55. The first-order valence-corrected chi connectivity index (χ1v) is 5.99. The Morgan fingerprint density at radius 3 is 2.60 bits per heavy atom. The lowest BCUT2D eigenvalue weighted by atomic mass is 10.0. The molecule has 1 aromatic carbocycles. The maximum Gasteiger partial charge on any atom is 0.359 e. The quantitative estimate of drug-likeness (QED) is 0.774. The lowest BCUT2D eigenvalue weighted by Gasteiger charge is -2.05. The Bertz CT molecular complexity index is 708. The van der Waals surface area contributed by atoms with Gasteiger partial charge in [0.15, 0.2) is 5.71 Å². The van der Waals surface area contributed by atoms with Gasteiger partial charge in [0.25, 0.3) is 0 Å². The van der Waals surface area contributed by atoms with E-state index in [1.165, 1.54) is 7.11 Å². The summed E-state index contributed by atoms with van der Waals surface area (Å²) in [6.07, 6.45) is 3.48. The van der Waals surface area contributed by atoms with Crippen LogP contribution in [0.2, 0.25) is 0 Å². The highest BCUT2D eigenvalue weighted by Gasteiger charge is 2.25. The van der Waals surface area contributed by atoms with E-state index < -0.39 is 5.97 Å². The third-order valence-corrected chi connectivity index (χ3v) is 3.00. The van der Waals surface area contributed by atoms with Gasteiger partial charge in [0.05, 0.1) is 12.8 Å². The summed E-state index contributed by atoms with van der Waals surface area (Å²) in [5, 5.41) is 3.86. The van der Waals surface area contributed by atoms with Crippen LogP contribution in [0.15, 0.2) is 35.7 Å². The molecule has 6 nitrogen and oxygen atoms in total. The number of hydrogen-bond acceptors (Lipinski definition) is 5. The van der Waals surface area contributed by atoms with Crippen molar-refractivity contribution in [3.63, 3.8) is 0 Å². The van der Waals surface area contributed by atoms with Crippen molar-refractivity contribution in [3.8, 4) is 11.1 Å². The molecule has 0 spiro atoms. The number of nitrogens with zero attached hydrogens (tertiary/aromatic N) is 4. The number of aryl methyl sites for hydroxylation is 1. The molecule has 1 aliphatic heterocycles. The molecular weight excluding hydrogens is 256 g/mol. The molecule has 0 atom stereocenters. The van der Waals surface area contributed by atoms with Crippen molar-refractivity contribution in [2.45, 2.75) is 6.92 Å². The van der Waals surface area contributed by atoms with E-state index in [-0.39, 0.29) is 5.71 Å². The molecule has 1 aromatic heterocycles. The molecule has 0 amide bonds. The number of hydrogen-bond donors (Lipinski definition) is 0. The molecule has 2 aromatic rings. The number of ether oxygens (including phenoxy) is 1. The third-order valence-electron chi connectivity index (χ3n) is 3.00. The molecule has 0 fully saturated rings. The van der Waals surface area contributed by atoms with Crippen LogP contribution in [0.3, 0.4) is 0 Å². The molecule has 0 saturated carbocycles. The van der Waals surface area contributed by atoms with Crippen LogP contribution in [-0.4, -0.2) is 28.8 Å². The molecule has 0 saturated heterocycles. The van der Waals surface area contributed by atoms with Crippen LogP contribution in [0.25, 0.3) is 11.1 Å². The molecule has 6 heteroatoms. The number of aromatic nitrogens is 2. The molecule has 99 valence electrons. The van der Waals surface area contributed by atoms with E-state index in [0.29, 0.717) is 17.1 Å². The first kappa shape index (κ1) is 12.3. The summed E-state index contributed by atoms with van der Waals surface area (Å²) in [7, 11) is 1.32. The van der Waals surface area contributed by atoms with Crippen LogP contribution in [0.5, 0.6) is 0 Å². The Morgan fingerprint density at radius 1 is 1.15 bits per heavy atom. The van der Waals surface area contributed by atoms with Crippen LogP contribution in [0.4, 0.5) is 5.69 Å². The van der Waals surface area contributed by atoms with Gasteiger partial charge in [-0.1, -0.05) is 6.07 Å². The van der Waals surface area contributed by atoms with E-state index in [2.05, 4.69) is 20.5 Å². The van der Waals surface area contributed by atoms with Crippen molar-refractivity contribution >= 4 is 17.4 Å². The Kier molecular flexibility index (Phi) is 2.90. The Hall–Kier alpha value is -2.76. The standard InChI is InChI=1S/C14H11N4O2/c1-8-15-6-10(7-16-8)9-3-4-12-11(5-9)13(18-17-12)14(19)20-2/h3-7H,1-2H3. The van der Waals surface area contributed by atoms with Gasteiger partial charge in [-0.3, -0.25) is 0 Å². The van der Waals surface area contributed by atoms with Crippen molar-refractivity contribution in [2.24, 2.45) is 5.10 Å². The van der Waals surface area contributed by atoms with Gasteiger partial charge in [0, 0.05) is 23.5 Å². The predicted molar refractivity (Wildman–Crippen MR) is 72.6 cm³/mol. The molecule has 0 bridgehead atoms. The maximum atomic E-state index is 11.6. The Labute approximate surface area is 115 Å². The van der Waals surface area contributed by atoms with Crippen molar-refractivity contribution in [1.82, 2.24) is 15.4 Å². The molecule has 1 radical (unpaired) electrons. The summed E-state index contributed by atoms with van der Waals surface area (Å²) < 4.78 is 4.70. The summed E-state index contributed by atoms with van der Waals surface area (Å²) in [6.45, 7) is 1.83. The topological polar surface area (TPSA) is 78.5 Å². The van der Waals surface area contributed by atoms with E-state index >= 15 is 0 Å². The number of carbonyl (C=O) groups excluding carboxylic acids is 1. The van der Waals surface area contributed by atoms with E-state index in [9.17, 15) is 4.79 Å². The van der Waals surface area contributed by atoms with Crippen LogP contribution in [0.1, 0.15) is 11.4 Å². The molecule has 0 N–H and O–H groups in total. The number of carbonyl (C=O) groups is 1. The molecule has 2 heterocycles. The number of benzene rings is 1. The lowest BCUT2D eigenvalue weighted by molar-refractivity contribution is -0.132. The van der Waals surface area contributed by atoms with Crippen molar-refractivity contribution in [3.05, 3.63) is 42.0 Å². The monoisotopic (exact) mass is 267 g/mol. The van der Waals surface area contributed by atoms with Crippen LogP contribution >= 0.6 is 0 Å². The lowest BCUT2D eigenvalue weighted by Crippen LogP contribution is -2.14. The van der Waals surface area contributed by atoms with Gasteiger partial charge in [-0.05, 0) is 24.6 Å². The zero-order valence-corrected chi connectivity index (χ0v) is 11.0. The van der Waals surface area contributed by atoms with E-state index in [4.69, 9.17) is 4.74 Å². The smallest absolute Gasteiger partial charge is 0.359 e. The molecular formula is C14H11N4O2. The van der Waals surface area contributed by atoms with Gasteiger partial charge in [0.2, 0.25) is 0 Å². The maximum absolute atomic E-state index is 11.6. The fourth-order valence-corrected chi connectivity index (χ4v) is 1.94. The van der Waals surface area contributed by atoms with Gasteiger partial charge >= 0.3 is 5.97 Å². The number of rotatable bonds is 2. The minimum absolute atomic E-state index is 0.220. The van der Waals surface area contributed by atoms with Crippen LogP contribution in [0, 0.1) is 6.92 Å². The first-order valence-electron chi connectivity index (χ1n) is 5.99. The zero-order chi connectivity index (χ0) is 14.1. The largest absolute Gasteiger partial charge is 0.464 e. The second kappa shape index (κ2) is 4.73. The highest BCUT2D eigenvalue weighted by Crippen LogP contribution is 2.28. The average molecular weight is 267 g/mol. The summed E-state index contributed by atoms with van der Waals surface area (Å²) in [5.41, 5.74) is 7.26. The Morgan fingerprint density at radius 2 is 1.90 bits per heavy atom. The SMILES string of the molecule is COC(=O)C1=N[N]c2ccc(-c3cnc(C)nc3)cc21. The molecule has 20 heavy (non-hydrogen) atoms. The molecule has 0 unspecified atom stereocenters. The fraction of sp³-hybridized carbons (Fsp3) is 0.143. The summed E-state index contributed by atoms with van der Waals surface area (Å²) >= 11 is 0. The van der Waals surface area contributed by atoms with Gasteiger partial charge in [0.1, 0.15) is 5.82 Å². The zero-order valence-electron chi connectivity index (χ0n) is 11.0. The van der Waals surface area contributed by atoms with Crippen molar-refractivity contribution in [1.29, 1.82) is 0 Å². The summed E-state index contributed by atoms with van der Waals surface area (Å²) in [5.74, 6) is 0.214. The minimum Gasteiger partial charge on any atom is -0.464 e. The first-order chi connectivity index (χ1) is 9.69. The van der Waals surface area contributed by atoms with E-state index in [1.807, 2.05) is 25.1 Å². The van der Waals surface area contributed by atoms with Crippen LogP contribution < -0.4 is 5.43 Å². The minimum atomic E-state index is -0.496. The van der Waals surface area contributed by atoms with E-state index in [1.54, 1.807) is 12.4 Å². The van der Waals surface area contributed by atoms with Gasteiger partial charge in [-0.2, -0.15) is 0 Å². The number of fused-ring (bicyclic) bond motifs is 1. The van der Waals surface area contributed by atoms with Crippen molar-refractivity contribution < 1.29 is 9.53 Å². The predicted octanol–water partition coefficient (Wildman–Crippen LogP) is 1.58. The summed E-state index contributed by atoms with van der Waals surface area (Å²) in [4.78, 5) is 20.0. The van der Waals surface area contributed by atoms with E-state index in [0.717, 1.165) is 11.1 Å². The number of methoxy groups -OCH3 is 1. The molecule has 0 aliphatic carbocycles. The van der Waals surface area contributed by atoms with Gasteiger partial charge < -0.3 is 4.74 Å². The second-order valence-corrected chi connectivity index (χ2v) is 4.29. The average Bonchev–Trinajstić information content (AvgIpc) is 2.90. The van der Waals surface area contributed by atoms with Crippen LogP contribution in [-0.2, 0) is 9.53 Å².